The van der Waals surface area contributed by atoms with Gasteiger partial charge in [-0.1, -0.05) is 13.8 Å². The molecule has 0 bridgehead atoms. The van der Waals surface area contributed by atoms with Crippen LogP contribution >= 0.6 is 0 Å². The molecule has 0 aliphatic carbocycles. The molecule has 1 unspecified atom stereocenters. The maximum absolute atomic E-state index is 13.7. The topological polar surface area (TPSA) is 212 Å². The number of rotatable bonds is 28. The molecule has 0 radical (unpaired) electrons. The van der Waals surface area contributed by atoms with Crippen LogP contribution < -0.4 is 31.9 Å². The van der Waals surface area contributed by atoms with E-state index >= 15 is 0 Å². The third-order valence-corrected chi connectivity index (χ3v) is 7.55. The zero-order valence-electron chi connectivity index (χ0n) is 35.1. The van der Waals surface area contributed by atoms with Crippen molar-refractivity contribution in [1.82, 2.24) is 31.9 Å². The Morgan fingerprint density at radius 2 is 0.768 bits per heavy atom. The molecule has 6 amide bonds. The van der Waals surface area contributed by atoms with Crippen molar-refractivity contribution in [3.05, 3.63) is 34.9 Å². The average molecular weight is 793 g/mol. The fourth-order valence-electron chi connectivity index (χ4n) is 5.06. The molecule has 1 rings (SSSR count). The van der Waals surface area contributed by atoms with Crippen LogP contribution in [0.3, 0.4) is 0 Å². The zero-order chi connectivity index (χ0) is 42.2. The van der Waals surface area contributed by atoms with Crippen LogP contribution in [0.2, 0.25) is 0 Å². The Morgan fingerprint density at radius 1 is 0.446 bits per heavy atom. The van der Waals surface area contributed by atoms with Crippen LogP contribution in [0.4, 0.5) is 0 Å². The minimum absolute atomic E-state index is 0.00362. The predicted octanol–water partition coefficient (Wildman–Crippen LogP) is 2.34. The third-order valence-electron chi connectivity index (χ3n) is 7.55. The summed E-state index contributed by atoms with van der Waals surface area (Å²) in [6.07, 6.45) is 0.405. The fourth-order valence-corrected chi connectivity index (χ4v) is 5.06. The van der Waals surface area contributed by atoms with Crippen LogP contribution in [-0.4, -0.2) is 125 Å². The van der Waals surface area contributed by atoms with E-state index in [0.29, 0.717) is 0 Å². The molecule has 1 aromatic rings. The van der Waals surface area contributed by atoms with Crippen molar-refractivity contribution in [3.8, 4) is 0 Å². The molecule has 0 saturated heterocycles. The summed E-state index contributed by atoms with van der Waals surface area (Å²) in [5.74, 6) is -1.80. The second-order valence-corrected chi connectivity index (χ2v) is 15.2. The number of hydrogen-bond donors (Lipinski definition) is 6. The van der Waals surface area contributed by atoms with Crippen molar-refractivity contribution in [2.75, 3.05) is 52.9 Å². The quantitative estimate of drug-likeness (QED) is 0.0683. The standard InChI is InChI=1S/C40H68N6O10/c1-25(2)30-17-31(39(51)45-33(20-53-14-11-35(47)41-26(3)4)21-54-15-12-36(48)42-27(5)6)19-32(18-30)40(52)46-34(23-56-24-38(50)44-29(9)10)22-55-16-13-37(49)43-28(7)8/h17-19,25-29,33-34H,11-16,20-24H2,1-10H3,(H,41,47)(H,42,48)(H,43,49)(H,44,50)(H,45,51)(H,46,52). The molecule has 0 heterocycles. The van der Waals surface area contributed by atoms with Gasteiger partial charge in [0, 0.05) is 54.6 Å². The lowest BCUT2D eigenvalue weighted by atomic mass is 9.96. The van der Waals surface area contributed by atoms with E-state index < -0.39 is 23.9 Å². The van der Waals surface area contributed by atoms with E-state index in [1.807, 2.05) is 69.2 Å². The van der Waals surface area contributed by atoms with Gasteiger partial charge in [0.2, 0.25) is 23.6 Å². The third kappa shape index (κ3) is 23.7. The van der Waals surface area contributed by atoms with Gasteiger partial charge in [-0.25, -0.2) is 0 Å². The summed E-state index contributed by atoms with van der Waals surface area (Å²) in [6.45, 7) is 18.9. The molecule has 0 aliphatic rings. The van der Waals surface area contributed by atoms with E-state index in [4.69, 9.17) is 18.9 Å². The number of amides is 6. The molecule has 0 fully saturated rings. The normalized spacial score (nSPS) is 12.0. The molecule has 1 aromatic carbocycles. The molecule has 1 atom stereocenters. The van der Waals surface area contributed by atoms with E-state index in [-0.39, 0.29) is 137 Å². The van der Waals surface area contributed by atoms with Gasteiger partial charge in [-0.15, -0.1) is 0 Å². The van der Waals surface area contributed by atoms with Gasteiger partial charge in [0.05, 0.1) is 58.3 Å². The maximum atomic E-state index is 13.7. The Labute approximate surface area is 333 Å². The second kappa shape index (κ2) is 27.5. The Hall–Kier alpha value is -4.12. The minimum Gasteiger partial charge on any atom is -0.379 e. The van der Waals surface area contributed by atoms with Gasteiger partial charge in [-0.2, -0.15) is 0 Å². The molecule has 0 aromatic heterocycles. The first-order valence-corrected chi connectivity index (χ1v) is 19.6. The molecule has 16 nitrogen and oxygen atoms in total. The van der Waals surface area contributed by atoms with Crippen LogP contribution in [0.15, 0.2) is 18.2 Å². The van der Waals surface area contributed by atoms with Crippen LogP contribution in [-0.2, 0) is 38.1 Å². The fraction of sp³-hybridized carbons (Fsp3) is 0.700. The summed E-state index contributed by atoms with van der Waals surface area (Å²) in [6, 6.07) is 3.48. The van der Waals surface area contributed by atoms with Crippen LogP contribution in [0.25, 0.3) is 0 Å². The van der Waals surface area contributed by atoms with Crippen molar-refractivity contribution < 1.29 is 47.7 Å². The largest absolute Gasteiger partial charge is 0.379 e. The van der Waals surface area contributed by atoms with Gasteiger partial charge in [-0.3, -0.25) is 28.8 Å². The van der Waals surface area contributed by atoms with E-state index in [1.165, 1.54) is 6.07 Å². The highest BCUT2D eigenvalue weighted by molar-refractivity contribution is 6.00. The molecule has 318 valence electrons. The molecule has 0 saturated carbocycles. The van der Waals surface area contributed by atoms with Crippen molar-refractivity contribution in [1.29, 1.82) is 0 Å². The summed E-state index contributed by atoms with van der Waals surface area (Å²) < 4.78 is 22.8. The molecule has 0 aliphatic heterocycles. The van der Waals surface area contributed by atoms with Crippen LogP contribution in [0.5, 0.6) is 0 Å². The van der Waals surface area contributed by atoms with Crippen LogP contribution in [0, 0.1) is 0 Å². The maximum Gasteiger partial charge on any atom is 0.251 e. The highest BCUT2D eigenvalue weighted by Crippen LogP contribution is 2.19. The van der Waals surface area contributed by atoms with Crippen molar-refractivity contribution in [2.24, 2.45) is 0 Å². The first-order valence-electron chi connectivity index (χ1n) is 19.6. The highest BCUT2D eigenvalue weighted by Gasteiger charge is 2.21. The molecule has 16 heteroatoms. The molecule has 0 spiro atoms. The summed E-state index contributed by atoms with van der Waals surface area (Å²) in [7, 11) is 0. The highest BCUT2D eigenvalue weighted by atomic mass is 16.5. The molecular formula is C40H68N6O10. The Balaban J connectivity index is 3.14. The molecule has 56 heavy (non-hydrogen) atoms. The number of carbonyl (C=O) groups is 6. The van der Waals surface area contributed by atoms with Crippen LogP contribution in [0.1, 0.15) is 121 Å². The van der Waals surface area contributed by atoms with Gasteiger partial charge in [0.25, 0.3) is 11.8 Å². The van der Waals surface area contributed by atoms with Crippen molar-refractivity contribution in [3.63, 3.8) is 0 Å². The van der Waals surface area contributed by atoms with E-state index in [2.05, 4.69) is 31.9 Å². The SMILES string of the molecule is CC(C)NC(=O)CCOCC(COCCC(=O)NC(C)C)NC(=O)c1cc(C(=O)NC(COCCC(=O)NC(C)C)COCC(=O)NC(C)C)cc(C(C)C)c1. The zero-order valence-corrected chi connectivity index (χ0v) is 35.1. The summed E-state index contributed by atoms with van der Waals surface area (Å²) in [5.41, 5.74) is 1.19. The number of nitrogens with one attached hydrogen (secondary N) is 6. The lowest BCUT2D eigenvalue weighted by molar-refractivity contribution is -0.127. The Bertz CT molecular complexity index is 1360. The van der Waals surface area contributed by atoms with E-state index in [1.54, 1.807) is 12.1 Å². The van der Waals surface area contributed by atoms with Crippen molar-refractivity contribution in [2.45, 2.75) is 131 Å². The predicted molar refractivity (Wildman–Crippen MR) is 213 cm³/mol. The number of benzene rings is 1. The first-order chi connectivity index (χ1) is 26.4. The second-order valence-electron chi connectivity index (χ2n) is 15.2. The molecule has 6 N–H and O–H groups in total. The Kier molecular flexibility index (Phi) is 24.5. The number of hydrogen-bond acceptors (Lipinski definition) is 10. The summed E-state index contributed by atoms with van der Waals surface area (Å²) >= 11 is 0. The van der Waals surface area contributed by atoms with E-state index in [9.17, 15) is 28.8 Å². The first kappa shape index (κ1) is 49.9. The van der Waals surface area contributed by atoms with Gasteiger partial charge < -0.3 is 50.8 Å². The smallest absolute Gasteiger partial charge is 0.251 e. The lowest BCUT2D eigenvalue weighted by Crippen LogP contribution is -2.43. The number of carbonyl (C=O) groups excluding carboxylic acids is 6. The molecular weight excluding hydrogens is 724 g/mol. The monoisotopic (exact) mass is 792 g/mol. The summed E-state index contributed by atoms with van der Waals surface area (Å²) in [5, 5.41) is 17.0. The lowest BCUT2D eigenvalue weighted by Gasteiger charge is -2.21. The van der Waals surface area contributed by atoms with Gasteiger partial charge in [0.1, 0.15) is 6.61 Å². The summed E-state index contributed by atoms with van der Waals surface area (Å²) in [4.78, 5) is 75.9. The van der Waals surface area contributed by atoms with Gasteiger partial charge >= 0.3 is 0 Å². The number of ether oxygens (including phenoxy) is 4. The average Bonchev–Trinajstić information content (AvgIpc) is 3.08. The van der Waals surface area contributed by atoms with Gasteiger partial charge in [0.15, 0.2) is 0 Å². The van der Waals surface area contributed by atoms with Gasteiger partial charge in [-0.05, 0) is 85.1 Å². The minimum atomic E-state index is -0.689. The Morgan fingerprint density at radius 3 is 1.09 bits per heavy atom. The van der Waals surface area contributed by atoms with Crippen molar-refractivity contribution >= 4 is 35.4 Å². The van der Waals surface area contributed by atoms with E-state index in [0.717, 1.165) is 5.56 Å².